The van der Waals surface area contributed by atoms with Crippen LogP contribution in [0.4, 0.5) is 0 Å². The molecule has 24 heavy (non-hydrogen) atoms. The first kappa shape index (κ1) is 19.2. The molecule has 3 rings (SSSR count). The molecule has 3 heterocycles. The van der Waals surface area contributed by atoms with Crippen LogP contribution in [0.15, 0.2) is 45.6 Å². The number of rotatable bonds is 3. The van der Waals surface area contributed by atoms with Gasteiger partial charge in [-0.15, -0.1) is 0 Å². The van der Waals surface area contributed by atoms with Gasteiger partial charge in [-0.1, -0.05) is 0 Å². The maximum atomic E-state index is 10.0. The van der Waals surface area contributed by atoms with Crippen LogP contribution in [-0.2, 0) is 6.54 Å². The first-order valence-electron chi connectivity index (χ1n) is 7.65. The van der Waals surface area contributed by atoms with Crippen molar-refractivity contribution in [2.45, 2.75) is 6.54 Å². The van der Waals surface area contributed by atoms with Crippen molar-refractivity contribution < 1.29 is 4.79 Å². The highest BCUT2D eigenvalue weighted by Gasteiger charge is 2.13. The fraction of sp³-hybridized carbons (Fsp3) is 0.353. The van der Waals surface area contributed by atoms with E-state index in [1.54, 1.807) is 18.3 Å². The fourth-order valence-corrected chi connectivity index (χ4v) is 2.66. The van der Waals surface area contributed by atoms with Crippen molar-refractivity contribution in [1.29, 1.82) is 0 Å². The third kappa shape index (κ3) is 6.76. The number of carbonyl (C=O) groups is 1. The fourth-order valence-electron chi connectivity index (χ4n) is 2.19. The van der Waals surface area contributed by atoms with E-state index in [1.165, 1.54) is 0 Å². The lowest BCUT2D eigenvalue weighted by Crippen LogP contribution is -2.43. The lowest BCUT2D eigenvalue weighted by molar-refractivity contribution is 0.111. The monoisotopic (exact) mass is 454 g/mol. The minimum atomic E-state index is 0.457. The van der Waals surface area contributed by atoms with Gasteiger partial charge in [-0.3, -0.25) is 19.7 Å². The zero-order valence-corrected chi connectivity index (χ0v) is 16.7. The van der Waals surface area contributed by atoms with E-state index in [0.717, 1.165) is 47.4 Å². The maximum Gasteiger partial charge on any atom is 0.168 e. The quantitative estimate of drug-likeness (QED) is 0.665. The summed E-state index contributed by atoms with van der Waals surface area (Å²) in [7, 11) is 2.18. The second kappa shape index (κ2) is 9.98. The normalized spacial score (nSPS) is 15.5. The van der Waals surface area contributed by atoms with Gasteiger partial charge < -0.3 is 4.90 Å². The van der Waals surface area contributed by atoms with Crippen molar-refractivity contribution in [2.75, 3.05) is 33.2 Å². The van der Waals surface area contributed by atoms with Crippen LogP contribution in [0.25, 0.3) is 0 Å². The Balaban J connectivity index is 0.000000198. The number of piperazine rings is 1. The zero-order chi connectivity index (χ0) is 17.4. The third-order valence-corrected chi connectivity index (χ3v) is 4.58. The largest absolute Gasteiger partial charge is 0.304 e. The summed E-state index contributed by atoms with van der Waals surface area (Å²) >= 11 is 6.59. The Bertz CT molecular complexity index is 626. The highest BCUT2D eigenvalue weighted by atomic mass is 79.9. The summed E-state index contributed by atoms with van der Waals surface area (Å²) in [6, 6.07) is 7.56. The summed E-state index contributed by atoms with van der Waals surface area (Å²) in [5.41, 5.74) is 1.61. The summed E-state index contributed by atoms with van der Waals surface area (Å²) in [4.78, 5) is 23.0. The molecule has 0 spiro atoms. The van der Waals surface area contributed by atoms with Gasteiger partial charge in [0, 0.05) is 54.1 Å². The number of hydrogen-bond donors (Lipinski definition) is 0. The zero-order valence-electron chi connectivity index (χ0n) is 13.5. The molecule has 0 atom stereocenters. The van der Waals surface area contributed by atoms with Crippen molar-refractivity contribution in [3.05, 3.63) is 57.0 Å². The Morgan fingerprint density at radius 3 is 2.12 bits per heavy atom. The van der Waals surface area contributed by atoms with Crippen LogP contribution in [0.5, 0.6) is 0 Å². The summed E-state index contributed by atoms with van der Waals surface area (Å²) in [5, 5.41) is 0. The topological polar surface area (TPSA) is 49.3 Å². The summed E-state index contributed by atoms with van der Waals surface area (Å²) in [6.45, 7) is 5.59. The second-order valence-electron chi connectivity index (χ2n) is 5.57. The minimum absolute atomic E-state index is 0.457. The molecule has 2 aromatic rings. The van der Waals surface area contributed by atoms with Crippen molar-refractivity contribution in [2.24, 2.45) is 0 Å². The number of aldehydes is 1. The van der Waals surface area contributed by atoms with E-state index in [4.69, 9.17) is 0 Å². The molecule has 0 unspecified atom stereocenters. The van der Waals surface area contributed by atoms with E-state index >= 15 is 0 Å². The smallest absolute Gasteiger partial charge is 0.168 e. The predicted octanol–water partition coefficient (Wildman–Crippen LogP) is 3.25. The Labute approximate surface area is 159 Å². The van der Waals surface area contributed by atoms with Gasteiger partial charge in [-0.05, 0) is 63.2 Å². The van der Waals surface area contributed by atoms with Crippen molar-refractivity contribution in [1.82, 2.24) is 19.8 Å². The highest BCUT2D eigenvalue weighted by Crippen LogP contribution is 2.10. The van der Waals surface area contributed by atoms with Gasteiger partial charge in [0.05, 0.1) is 5.69 Å². The van der Waals surface area contributed by atoms with Crippen LogP contribution in [0.3, 0.4) is 0 Å². The molecule has 0 radical (unpaired) electrons. The minimum Gasteiger partial charge on any atom is -0.304 e. The van der Waals surface area contributed by atoms with E-state index in [2.05, 4.69) is 70.8 Å². The molecule has 0 bridgehead atoms. The van der Waals surface area contributed by atoms with Gasteiger partial charge in [0.2, 0.25) is 0 Å². The molecule has 1 aliphatic heterocycles. The number of aromatic nitrogens is 2. The van der Waals surface area contributed by atoms with Crippen LogP contribution in [0, 0.1) is 0 Å². The van der Waals surface area contributed by atoms with Crippen LogP contribution in [0.1, 0.15) is 16.2 Å². The van der Waals surface area contributed by atoms with Gasteiger partial charge in [0.25, 0.3) is 0 Å². The van der Waals surface area contributed by atoms with E-state index in [1.807, 2.05) is 6.20 Å². The number of hydrogen-bond acceptors (Lipinski definition) is 5. The predicted molar refractivity (Wildman–Crippen MR) is 102 cm³/mol. The van der Waals surface area contributed by atoms with Crippen molar-refractivity contribution >= 4 is 38.1 Å². The Morgan fingerprint density at radius 1 is 1.00 bits per heavy atom. The molecular weight excluding hydrogens is 436 g/mol. The number of nitrogens with zero attached hydrogens (tertiary/aromatic N) is 4. The molecule has 2 aromatic heterocycles. The molecule has 0 aromatic carbocycles. The lowest BCUT2D eigenvalue weighted by atomic mass is 10.3. The maximum absolute atomic E-state index is 10.0. The van der Waals surface area contributed by atoms with E-state index in [-0.39, 0.29) is 0 Å². The Kier molecular flexibility index (Phi) is 7.98. The molecule has 0 N–H and O–H groups in total. The van der Waals surface area contributed by atoms with Crippen LogP contribution in [0.2, 0.25) is 0 Å². The second-order valence-corrected chi connectivity index (χ2v) is 7.40. The van der Waals surface area contributed by atoms with Gasteiger partial charge >= 0.3 is 0 Å². The lowest BCUT2D eigenvalue weighted by Gasteiger charge is -2.32. The van der Waals surface area contributed by atoms with Gasteiger partial charge in [0.15, 0.2) is 6.29 Å². The first-order valence-corrected chi connectivity index (χ1v) is 9.23. The average Bonchev–Trinajstić information content (AvgIpc) is 2.60. The van der Waals surface area contributed by atoms with E-state index in [0.29, 0.717) is 12.0 Å². The van der Waals surface area contributed by atoms with Crippen LogP contribution in [-0.4, -0.2) is 59.3 Å². The summed E-state index contributed by atoms with van der Waals surface area (Å²) < 4.78 is 1.93. The molecule has 0 aliphatic carbocycles. The third-order valence-electron chi connectivity index (χ3n) is 3.64. The molecule has 1 aliphatic rings. The summed E-state index contributed by atoms with van der Waals surface area (Å²) in [6.07, 6.45) is 4.17. The number of pyridine rings is 2. The first-order chi connectivity index (χ1) is 11.6. The molecule has 1 fully saturated rings. The number of halogens is 2. The molecule has 128 valence electrons. The molecule has 0 saturated carbocycles. The van der Waals surface area contributed by atoms with Gasteiger partial charge in [0.1, 0.15) is 5.69 Å². The molecule has 1 saturated heterocycles. The molecular formula is C17H20Br2N4O. The van der Waals surface area contributed by atoms with E-state index < -0.39 is 0 Å². The highest BCUT2D eigenvalue weighted by molar-refractivity contribution is 9.10. The number of likely N-dealkylation sites (N-methyl/N-ethyl adjacent to an activating group) is 1. The Hall–Kier alpha value is -1.15. The standard InChI is InChI=1S/C11H16BrN3.C6H4BrNO/c1-14-4-6-15(7-5-14)9-11-3-2-10(12)8-13-11;7-5-1-2-6(4-9)8-3-5/h2-3,8H,4-7,9H2,1H3;1-4H. The van der Waals surface area contributed by atoms with E-state index in [9.17, 15) is 4.79 Å². The van der Waals surface area contributed by atoms with Crippen LogP contribution < -0.4 is 0 Å². The molecule has 0 amide bonds. The van der Waals surface area contributed by atoms with Gasteiger partial charge in [-0.25, -0.2) is 0 Å². The van der Waals surface area contributed by atoms with Crippen LogP contribution >= 0.6 is 31.9 Å². The van der Waals surface area contributed by atoms with Crippen molar-refractivity contribution in [3.8, 4) is 0 Å². The SMILES string of the molecule is CN1CCN(Cc2ccc(Br)cn2)CC1.O=Cc1ccc(Br)cn1. The molecule has 7 heteroatoms. The van der Waals surface area contributed by atoms with Gasteiger partial charge in [-0.2, -0.15) is 0 Å². The number of carbonyl (C=O) groups excluding carboxylic acids is 1. The van der Waals surface area contributed by atoms with Crippen molar-refractivity contribution in [3.63, 3.8) is 0 Å². The molecule has 5 nitrogen and oxygen atoms in total. The average molecular weight is 456 g/mol. The summed E-state index contributed by atoms with van der Waals surface area (Å²) in [5.74, 6) is 0. The Morgan fingerprint density at radius 2 is 1.62 bits per heavy atom.